The van der Waals surface area contributed by atoms with Crippen molar-refractivity contribution in [3.63, 3.8) is 0 Å². The van der Waals surface area contributed by atoms with Crippen molar-refractivity contribution in [1.82, 2.24) is 0 Å². The smallest absolute Gasteiger partial charge is 0.0963 e. The van der Waals surface area contributed by atoms with Gasteiger partial charge in [0.25, 0.3) is 0 Å². The molecule has 3 heterocycles. The van der Waals surface area contributed by atoms with Gasteiger partial charge in [-0.15, -0.1) is 0 Å². The fourth-order valence-corrected chi connectivity index (χ4v) is 4.54. The molecule has 3 nitrogen and oxygen atoms in total. The molecule has 3 rings (SSSR count). The van der Waals surface area contributed by atoms with Crippen LogP contribution >= 0.6 is 11.8 Å². The lowest BCUT2D eigenvalue weighted by Gasteiger charge is -2.43. The van der Waals surface area contributed by atoms with Crippen molar-refractivity contribution in [3.05, 3.63) is 24.2 Å². The summed E-state index contributed by atoms with van der Waals surface area (Å²) in [7, 11) is 0. The summed E-state index contributed by atoms with van der Waals surface area (Å²) in [5.74, 6) is 2.51. The molecule has 0 bridgehead atoms. The fraction of sp³-hybridized carbons (Fsp3) is 0.714. The Labute approximate surface area is 112 Å². The average Bonchev–Trinajstić information content (AvgIpc) is 3.01. The van der Waals surface area contributed by atoms with Gasteiger partial charge in [-0.2, -0.15) is 11.8 Å². The number of aliphatic hydroxyl groups is 1. The number of thioether (sulfide) groups is 1. The van der Waals surface area contributed by atoms with E-state index in [0.29, 0.717) is 0 Å². The summed E-state index contributed by atoms with van der Waals surface area (Å²) in [6, 6.07) is 1.87. The van der Waals surface area contributed by atoms with Crippen molar-refractivity contribution < 1.29 is 14.3 Å². The Morgan fingerprint density at radius 3 is 3.11 bits per heavy atom. The fourth-order valence-electron chi connectivity index (χ4n) is 3.16. The quantitative estimate of drug-likeness (QED) is 0.895. The minimum atomic E-state index is -0.808. The minimum absolute atomic E-state index is 0.0152. The van der Waals surface area contributed by atoms with Crippen molar-refractivity contribution in [3.8, 4) is 0 Å². The van der Waals surface area contributed by atoms with Crippen molar-refractivity contribution in [2.45, 2.75) is 37.4 Å². The molecule has 2 fully saturated rings. The third kappa shape index (κ3) is 2.10. The van der Waals surface area contributed by atoms with E-state index in [1.165, 1.54) is 5.75 Å². The third-order valence-corrected chi connectivity index (χ3v) is 5.68. The minimum Gasteiger partial charge on any atom is -0.472 e. The van der Waals surface area contributed by atoms with Gasteiger partial charge in [-0.3, -0.25) is 0 Å². The van der Waals surface area contributed by atoms with E-state index in [9.17, 15) is 5.11 Å². The van der Waals surface area contributed by atoms with Gasteiger partial charge in [-0.1, -0.05) is 0 Å². The summed E-state index contributed by atoms with van der Waals surface area (Å²) in [6.07, 6.45) is 6.29. The van der Waals surface area contributed by atoms with E-state index in [1.807, 2.05) is 24.8 Å². The van der Waals surface area contributed by atoms with Gasteiger partial charge in [0.1, 0.15) is 0 Å². The van der Waals surface area contributed by atoms with Crippen LogP contribution < -0.4 is 0 Å². The number of hydrogen-bond donors (Lipinski definition) is 1. The first-order valence-electron chi connectivity index (χ1n) is 6.59. The number of hydrogen-bond acceptors (Lipinski definition) is 4. The van der Waals surface area contributed by atoms with Crippen LogP contribution in [0.3, 0.4) is 0 Å². The highest BCUT2D eigenvalue weighted by atomic mass is 32.2. The van der Waals surface area contributed by atoms with E-state index in [2.05, 4.69) is 0 Å². The molecule has 1 spiro atoms. The molecular formula is C14H20O3S. The molecule has 0 amide bonds. The molecule has 1 aromatic heterocycles. The van der Waals surface area contributed by atoms with Crippen LogP contribution in [0, 0.1) is 5.92 Å². The lowest BCUT2D eigenvalue weighted by molar-refractivity contribution is -0.129. The van der Waals surface area contributed by atoms with Crippen molar-refractivity contribution in [2.24, 2.45) is 5.92 Å². The predicted octanol–water partition coefficient (Wildman–Crippen LogP) is 2.79. The summed E-state index contributed by atoms with van der Waals surface area (Å²) in [5.41, 5.74) is 0.0911. The Kier molecular flexibility index (Phi) is 3.20. The Morgan fingerprint density at radius 2 is 2.44 bits per heavy atom. The lowest BCUT2D eigenvalue weighted by Crippen LogP contribution is -2.46. The van der Waals surface area contributed by atoms with Crippen molar-refractivity contribution in [2.75, 3.05) is 18.1 Å². The molecule has 3 atom stereocenters. The number of ether oxygens (including phenoxy) is 1. The van der Waals surface area contributed by atoms with Crippen molar-refractivity contribution in [1.29, 1.82) is 0 Å². The topological polar surface area (TPSA) is 42.6 Å². The first-order valence-corrected chi connectivity index (χ1v) is 7.75. The van der Waals surface area contributed by atoms with Gasteiger partial charge in [-0.25, -0.2) is 0 Å². The molecule has 2 aliphatic heterocycles. The van der Waals surface area contributed by atoms with Crippen LogP contribution in [-0.2, 0) is 10.3 Å². The van der Waals surface area contributed by atoms with E-state index in [0.717, 1.165) is 37.2 Å². The first kappa shape index (κ1) is 12.6. The van der Waals surface area contributed by atoms with Crippen LogP contribution in [0.5, 0.6) is 0 Å². The highest BCUT2D eigenvalue weighted by Crippen LogP contribution is 2.46. The average molecular weight is 268 g/mol. The van der Waals surface area contributed by atoms with Crippen LogP contribution in [0.1, 0.15) is 31.7 Å². The Hall–Kier alpha value is -0.450. The van der Waals surface area contributed by atoms with E-state index >= 15 is 0 Å². The molecule has 1 aromatic rings. The van der Waals surface area contributed by atoms with Gasteiger partial charge >= 0.3 is 0 Å². The zero-order chi connectivity index (χ0) is 12.6. The highest BCUT2D eigenvalue weighted by Gasteiger charge is 2.46. The van der Waals surface area contributed by atoms with Gasteiger partial charge in [0, 0.05) is 17.9 Å². The first-order chi connectivity index (χ1) is 8.62. The molecule has 2 saturated heterocycles. The maximum absolute atomic E-state index is 10.8. The van der Waals surface area contributed by atoms with Crippen LogP contribution in [-0.4, -0.2) is 28.8 Å². The second-order valence-corrected chi connectivity index (χ2v) is 6.79. The van der Waals surface area contributed by atoms with Crippen LogP contribution in [0.2, 0.25) is 0 Å². The third-order valence-electron chi connectivity index (χ3n) is 4.46. The molecular weight excluding hydrogens is 248 g/mol. The maximum Gasteiger partial charge on any atom is 0.0963 e. The summed E-state index contributed by atoms with van der Waals surface area (Å²) in [6.45, 7) is 2.67. The molecule has 100 valence electrons. The SMILES string of the molecule is CC(O)(c1ccoc1)C1CCOC2(CCSC2)C1. The number of furan rings is 1. The van der Waals surface area contributed by atoms with Crippen LogP contribution in [0.25, 0.3) is 0 Å². The zero-order valence-corrected chi connectivity index (χ0v) is 11.5. The molecule has 2 aliphatic rings. The monoisotopic (exact) mass is 268 g/mol. The van der Waals surface area contributed by atoms with E-state index in [4.69, 9.17) is 9.15 Å². The summed E-state index contributed by atoms with van der Waals surface area (Å²) >= 11 is 1.96. The highest BCUT2D eigenvalue weighted by molar-refractivity contribution is 7.99. The van der Waals surface area contributed by atoms with E-state index < -0.39 is 5.60 Å². The molecule has 3 unspecified atom stereocenters. The van der Waals surface area contributed by atoms with Crippen molar-refractivity contribution >= 4 is 11.8 Å². The number of rotatable bonds is 2. The predicted molar refractivity (Wildman–Crippen MR) is 71.6 cm³/mol. The molecule has 0 aromatic carbocycles. The zero-order valence-electron chi connectivity index (χ0n) is 10.7. The summed E-state index contributed by atoms with van der Waals surface area (Å²) < 4.78 is 11.1. The molecule has 0 aliphatic carbocycles. The Morgan fingerprint density at radius 1 is 1.56 bits per heavy atom. The van der Waals surface area contributed by atoms with Gasteiger partial charge in [0.05, 0.1) is 23.7 Å². The molecule has 4 heteroatoms. The summed E-state index contributed by atoms with van der Waals surface area (Å²) in [5, 5.41) is 10.8. The second kappa shape index (κ2) is 4.58. The van der Waals surface area contributed by atoms with E-state index in [-0.39, 0.29) is 11.5 Å². The summed E-state index contributed by atoms with van der Waals surface area (Å²) in [4.78, 5) is 0. The Balaban J connectivity index is 1.79. The standard InChI is InChI=1S/C14H20O3S/c1-13(15,12-2-5-16-9-12)11-3-6-17-14(8-11)4-7-18-10-14/h2,5,9,11,15H,3-4,6-8,10H2,1H3. The molecule has 18 heavy (non-hydrogen) atoms. The van der Waals surface area contributed by atoms with Gasteiger partial charge in [-0.05, 0) is 43.9 Å². The normalized spacial score (nSPS) is 35.8. The van der Waals surface area contributed by atoms with Gasteiger partial charge in [0.15, 0.2) is 0 Å². The molecule has 0 saturated carbocycles. The van der Waals surface area contributed by atoms with Crippen LogP contribution in [0.15, 0.2) is 23.0 Å². The maximum atomic E-state index is 10.8. The van der Waals surface area contributed by atoms with Gasteiger partial charge in [0.2, 0.25) is 0 Å². The largest absolute Gasteiger partial charge is 0.472 e. The Bertz CT molecular complexity index is 393. The van der Waals surface area contributed by atoms with E-state index in [1.54, 1.807) is 12.5 Å². The van der Waals surface area contributed by atoms with Gasteiger partial charge < -0.3 is 14.3 Å². The molecule has 0 radical (unpaired) electrons. The lowest BCUT2D eigenvalue weighted by atomic mass is 9.74. The second-order valence-electron chi connectivity index (χ2n) is 5.68. The van der Waals surface area contributed by atoms with Crippen LogP contribution in [0.4, 0.5) is 0 Å². The molecule has 1 N–H and O–H groups in total.